The molecule has 98 valence electrons. The Morgan fingerprint density at radius 3 is 2.11 bits per heavy atom. The van der Waals surface area contributed by atoms with Gasteiger partial charge in [0.25, 0.3) is 0 Å². The van der Waals surface area contributed by atoms with E-state index in [1.165, 1.54) is 0 Å². The first-order valence-corrected chi connectivity index (χ1v) is 5.72. The zero-order valence-electron chi connectivity index (χ0n) is 10.7. The maximum absolute atomic E-state index is 11.0. The van der Waals surface area contributed by atoms with Gasteiger partial charge >= 0.3 is 5.97 Å². The minimum absolute atomic E-state index is 0.227. The Balaban J connectivity index is 2.63. The smallest absolute Gasteiger partial charge is 0.335 e. The lowest BCUT2D eigenvalue weighted by Crippen LogP contribution is -1.97. The van der Waals surface area contributed by atoms with E-state index in [1.807, 2.05) is 24.3 Å². The van der Waals surface area contributed by atoms with Crippen LogP contribution in [0.3, 0.4) is 0 Å². The second-order valence-corrected chi connectivity index (χ2v) is 3.92. The summed E-state index contributed by atoms with van der Waals surface area (Å²) < 4.78 is 10.6. The summed E-state index contributed by atoms with van der Waals surface area (Å²) in [4.78, 5) is 11.0. The van der Waals surface area contributed by atoms with E-state index >= 15 is 0 Å². The van der Waals surface area contributed by atoms with Gasteiger partial charge in [-0.1, -0.05) is 18.2 Å². The maximum atomic E-state index is 11.0. The monoisotopic (exact) mass is 258 g/mol. The molecule has 4 heteroatoms. The van der Waals surface area contributed by atoms with Crippen LogP contribution in [0.5, 0.6) is 11.5 Å². The van der Waals surface area contributed by atoms with Crippen LogP contribution in [-0.4, -0.2) is 25.3 Å². The van der Waals surface area contributed by atoms with Gasteiger partial charge in [0.1, 0.15) is 11.5 Å². The lowest BCUT2D eigenvalue weighted by Gasteiger charge is -2.13. The molecular weight excluding hydrogens is 244 g/mol. The number of benzene rings is 2. The van der Waals surface area contributed by atoms with E-state index in [2.05, 4.69) is 0 Å². The van der Waals surface area contributed by atoms with E-state index in [0.29, 0.717) is 11.5 Å². The minimum Gasteiger partial charge on any atom is -0.496 e. The molecule has 0 fully saturated rings. The van der Waals surface area contributed by atoms with Gasteiger partial charge in [0.15, 0.2) is 0 Å². The summed E-state index contributed by atoms with van der Waals surface area (Å²) in [7, 11) is 3.14. The van der Waals surface area contributed by atoms with Gasteiger partial charge in [0.05, 0.1) is 25.3 Å². The predicted octanol–water partition coefficient (Wildman–Crippen LogP) is 3.07. The molecule has 0 unspecified atom stereocenters. The third kappa shape index (κ3) is 2.52. The van der Waals surface area contributed by atoms with Crippen LogP contribution in [0, 0.1) is 0 Å². The van der Waals surface area contributed by atoms with Crippen LogP contribution in [0.4, 0.5) is 0 Å². The van der Waals surface area contributed by atoms with Crippen LogP contribution in [-0.2, 0) is 0 Å². The van der Waals surface area contributed by atoms with E-state index < -0.39 is 5.97 Å². The van der Waals surface area contributed by atoms with Gasteiger partial charge in [-0.2, -0.15) is 0 Å². The Kier molecular flexibility index (Phi) is 3.71. The van der Waals surface area contributed by atoms with Crippen molar-refractivity contribution in [3.63, 3.8) is 0 Å². The molecule has 2 aromatic rings. The lowest BCUT2D eigenvalue weighted by atomic mass is 10.0. The summed E-state index contributed by atoms with van der Waals surface area (Å²) in [5.41, 5.74) is 1.72. The number of carboxylic acids is 1. The Labute approximate surface area is 111 Å². The molecule has 0 amide bonds. The molecule has 1 N–H and O–H groups in total. The summed E-state index contributed by atoms with van der Waals surface area (Å²) in [5, 5.41) is 9.05. The molecule has 0 bridgehead atoms. The van der Waals surface area contributed by atoms with Gasteiger partial charge in [-0.25, -0.2) is 4.79 Å². The van der Waals surface area contributed by atoms with E-state index in [-0.39, 0.29) is 5.56 Å². The molecule has 0 saturated heterocycles. The predicted molar refractivity (Wildman–Crippen MR) is 71.9 cm³/mol. The van der Waals surface area contributed by atoms with E-state index in [1.54, 1.807) is 32.4 Å². The third-order valence-electron chi connectivity index (χ3n) is 2.83. The first-order chi connectivity index (χ1) is 9.17. The van der Waals surface area contributed by atoms with Gasteiger partial charge in [0, 0.05) is 0 Å². The first-order valence-electron chi connectivity index (χ1n) is 5.72. The number of carboxylic acid groups (broad SMARTS) is 1. The van der Waals surface area contributed by atoms with Crippen molar-refractivity contribution < 1.29 is 19.4 Å². The highest BCUT2D eigenvalue weighted by atomic mass is 16.5. The van der Waals surface area contributed by atoms with Gasteiger partial charge in [0.2, 0.25) is 0 Å². The van der Waals surface area contributed by atoms with E-state index in [4.69, 9.17) is 14.6 Å². The largest absolute Gasteiger partial charge is 0.496 e. The SMILES string of the molecule is COc1cccc(OC)c1-c1cccc(C(=O)O)c1. The van der Waals surface area contributed by atoms with Gasteiger partial charge in [-0.05, 0) is 29.8 Å². The van der Waals surface area contributed by atoms with E-state index in [9.17, 15) is 4.79 Å². The average Bonchev–Trinajstić information content (AvgIpc) is 2.46. The summed E-state index contributed by atoms with van der Waals surface area (Å²) in [5.74, 6) is 0.319. The highest BCUT2D eigenvalue weighted by molar-refractivity contribution is 5.90. The molecule has 0 heterocycles. The van der Waals surface area contributed by atoms with Crippen molar-refractivity contribution >= 4 is 5.97 Å². The zero-order valence-corrected chi connectivity index (χ0v) is 10.7. The van der Waals surface area contributed by atoms with Crippen LogP contribution in [0.2, 0.25) is 0 Å². The number of hydrogen-bond acceptors (Lipinski definition) is 3. The number of rotatable bonds is 4. The molecule has 0 radical (unpaired) electrons. The summed E-state index contributed by atoms with van der Waals surface area (Å²) in [6.45, 7) is 0. The molecule has 2 aromatic carbocycles. The third-order valence-corrected chi connectivity index (χ3v) is 2.83. The number of hydrogen-bond donors (Lipinski definition) is 1. The van der Waals surface area contributed by atoms with Crippen LogP contribution in [0.1, 0.15) is 10.4 Å². The molecular formula is C15H14O4. The van der Waals surface area contributed by atoms with Crippen molar-refractivity contribution in [2.75, 3.05) is 14.2 Å². The molecule has 0 aliphatic rings. The fourth-order valence-corrected chi connectivity index (χ4v) is 1.94. The normalized spacial score (nSPS) is 10.0. The second-order valence-electron chi connectivity index (χ2n) is 3.92. The van der Waals surface area contributed by atoms with Gasteiger partial charge < -0.3 is 14.6 Å². The molecule has 0 aliphatic heterocycles. The molecule has 0 atom stereocenters. The topological polar surface area (TPSA) is 55.8 Å². The molecule has 0 aromatic heterocycles. The zero-order chi connectivity index (χ0) is 13.8. The summed E-state index contributed by atoms with van der Waals surface area (Å²) >= 11 is 0. The quantitative estimate of drug-likeness (QED) is 0.915. The van der Waals surface area contributed by atoms with Crippen molar-refractivity contribution in [3.8, 4) is 22.6 Å². The first kappa shape index (κ1) is 13.0. The van der Waals surface area contributed by atoms with Gasteiger partial charge in [-0.3, -0.25) is 0 Å². The lowest BCUT2D eigenvalue weighted by molar-refractivity contribution is 0.0697. The Bertz CT molecular complexity index is 583. The summed E-state index contributed by atoms with van der Waals surface area (Å²) in [6.07, 6.45) is 0. The number of aromatic carboxylic acids is 1. The van der Waals surface area contributed by atoms with Crippen molar-refractivity contribution in [2.24, 2.45) is 0 Å². The number of carbonyl (C=O) groups is 1. The van der Waals surface area contributed by atoms with Crippen molar-refractivity contribution in [1.29, 1.82) is 0 Å². The van der Waals surface area contributed by atoms with Crippen molar-refractivity contribution in [2.45, 2.75) is 0 Å². The molecule has 0 aliphatic carbocycles. The fraction of sp³-hybridized carbons (Fsp3) is 0.133. The van der Waals surface area contributed by atoms with E-state index in [0.717, 1.165) is 11.1 Å². The molecule has 0 saturated carbocycles. The second kappa shape index (κ2) is 5.44. The van der Waals surface area contributed by atoms with Crippen LogP contribution in [0.25, 0.3) is 11.1 Å². The number of ether oxygens (including phenoxy) is 2. The minimum atomic E-state index is -0.962. The Morgan fingerprint density at radius 1 is 1.00 bits per heavy atom. The standard InChI is InChI=1S/C15H14O4/c1-18-12-7-4-8-13(19-2)14(12)10-5-3-6-11(9-10)15(16)17/h3-9H,1-2H3,(H,16,17). The van der Waals surface area contributed by atoms with Gasteiger partial charge in [-0.15, -0.1) is 0 Å². The maximum Gasteiger partial charge on any atom is 0.335 e. The Morgan fingerprint density at radius 2 is 1.58 bits per heavy atom. The highest BCUT2D eigenvalue weighted by Crippen LogP contribution is 2.38. The molecule has 0 spiro atoms. The van der Waals surface area contributed by atoms with Crippen molar-refractivity contribution in [1.82, 2.24) is 0 Å². The number of methoxy groups -OCH3 is 2. The molecule has 19 heavy (non-hydrogen) atoms. The fourth-order valence-electron chi connectivity index (χ4n) is 1.94. The van der Waals surface area contributed by atoms with Crippen molar-refractivity contribution in [3.05, 3.63) is 48.0 Å². The molecule has 4 nitrogen and oxygen atoms in total. The van der Waals surface area contributed by atoms with Crippen LogP contribution >= 0.6 is 0 Å². The molecule has 2 rings (SSSR count). The highest BCUT2D eigenvalue weighted by Gasteiger charge is 2.13. The van der Waals surface area contributed by atoms with Crippen LogP contribution < -0.4 is 9.47 Å². The van der Waals surface area contributed by atoms with Crippen LogP contribution in [0.15, 0.2) is 42.5 Å². The summed E-state index contributed by atoms with van der Waals surface area (Å²) in [6, 6.07) is 12.1. The average molecular weight is 258 g/mol. The Hall–Kier alpha value is -2.49.